The minimum absolute atomic E-state index is 0.113. The average molecular weight is 568 g/mol. The van der Waals surface area contributed by atoms with E-state index in [1.54, 1.807) is 12.5 Å². The lowest BCUT2D eigenvalue weighted by Crippen LogP contribution is -2.53. The molecular formula is C34H45N7O. The lowest BCUT2D eigenvalue weighted by atomic mass is 9.67. The van der Waals surface area contributed by atoms with Gasteiger partial charge in [-0.2, -0.15) is 0 Å². The molecule has 42 heavy (non-hydrogen) atoms. The van der Waals surface area contributed by atoms with Gasteiger partial charge >= 0.3 is 0 Å². The largest absolute Gasteiger partial charge is 0.351 e. The maximum atomic E-state index is 14.6. The zero-order chi connectivity index (χ0) is 29.1. The first kappa shape index (κ1) is 27.7. The molecule has 4 fully saturated rings. The molecule has 8 nitrogen and oxygen atoms in total. The number of anilines is 3. The van der Waals surface area contributed by atoms with E-state index in [1.807, 2.05) is 12.1 Å². The molecule has 8 heteroatoms. The summed E-state index contributed by atoms with van der Waals surface area (Å²) in [4.78, 5) is 35.5. The highest BCUT2D eigenvalue weighted by Gasteiger charge is 2.80. The molecule has 3 heterocycles. The van der Waals surface area contributed by atoms with Crippen LogP contribution in [-0.4, -0.2) is 55.8 Å². The summed E-state index contributed by atoms with van der Waals surface area (Å²) in [7, 11) is 0. The minimum atomic E-state index is -0.151. The van der Waals surface area contributed by atoms with Gasteiger partial charge in [-0.3, -0.25) is 9.69 Å². The second-order valence-electron chi connectivity index (χ2n) is 14.1. The number of carbonyl (C=O) groups excluding carboxylic acids is 1. The molecule has 3 aliphatic carbocycles. The maximum absolute atomic E-state index is 14.6. The monoisotopic (exact) mass is 567 g/mol. The molecule has 0 amide bonds. The Morgan fingerprint density at radius 3 is 2.55 bits per heavy atom. The van der Waals surface area contributed by atoms with Crippen molar-refractivity contribution in [3.05, 3.63) is 42.4 Å². The molecule has 1 aromatic carbocycles. The van der Waals surface area contributed by atoms with Crippen molar-refractivity contribution in [3.63, 3.8) is 0 Å². The van der Waals surface area contributed by atoms with Crippen LogP contribution < -0.4 is 10.6 Å². The number of aromatic nitrogens is 4. The lowest BCUT2D eigenvalue weighted by molar-refractivity contribution is -0.136. The Morgan fingerprint density at radius 2 is 1.79 bits per heavy atom. The van der Waals surface area contributed by atoms with Crippen LogP contribution in [-0.2, 0) is 4.79 Å². The first-order valence-corrected chi connectivity index (χ1v) is 16.2. The van der Waals surface area contributed by atoms with E-state index in [0.29, 0.717) is 46.5 Å². The maximum Gasteiger partial charge on any atom is 0.223 e. The molecule has 4 atom stereocenters. The number of ketones is 1. The number of aryl methyl sites for hydroxylation is 1. The normalized spacial score (nSPS) is 32.3. The quantitative estimate of drug-likeness (QED) is 0.332. The molecule has 4 unspecified atom stereocenters. The van der Waals surface area contributed by atoms with E-state index in [-0.39, 0.29) is 22.8 Å². The lowest BCUT2D eigenvalue weighted by Gasteiger charge is -2.45. The van der Waals surface area contributed by atoms with Crippen molar-refractivity contribution >= 4 is 34.3 Å². The summed E-state index contributed by atoms with van der Waals surface area (Å²) < 4.78 is 0. The molecule has 3 aromatic rings. The van der Waals surface area contributed by atoms with Gasteiger partial charge in [0.25, 0.3) is 0 Å². The number of carbonyl (C=O) groups is 1. The minimum Gasteiger partial charge on any atom is -0.351 e. The Labute approximate surface area is 249 Å². The standard InChI is InChI=1S/C34H45N7O/c1-21-8-7-9-25(18-21)38-31-28-26(36-20-37-31)19-35-32(40-28)39-24-13-11-23(12-14-24)30(42)34-27(33(34,3)4)15-10-22(2)29(34)41-16-5-6-17-41/h7-9,18-20,22-24,27,29H,5-6,10-17H2,1-4H3,(H,35,39,40)(H,36,37,38). The fourth-order valence-corrected chi connectivity index (χ4v) is 9.32. The van der Waals surface area contributed by atoms with Gasteiger partial charge in [0.15, 0.2) is 5.82 Å². The van der Waals surface area contributed by atoms with E-state index in [9.17, 15) is 4.79 Å². The molecular weight excluding hydrogens is 522 g/mol. The van der Waals surface area contributed by atoms with Gasteiger partial charge in [-0.15, -0.1) is 0 Å². The Balaban J connectivity index is 1.05. The molecule has 3 saturated carbocycles. The summed E-state index contributed by atoms with van der Waals surface area (Å²) in [6, 6.07) is 8.88. The van der Waals surface area contributed by atoms with E-state index < -0.39 is 0 Å². The molecule has 2 aromatic heterocycles. The van der Waals surface area contributed by atoms with Crippen molar-refractivity contribution in [1.82, 2.24) is 24.8 Å². The summed E-state index contributed by atoms with van der Waals surface area (Å²) in [5.74, 6) is 3.16. The second-order valence-corrected chi connectivity index (χ2v) is 14.1. The number of Topliss-reactive ketones (excluding diaryl/α,β-unsaturated/α-hetero) is 1. The average Bonchev–Trinajstić information content (AvgIpc) is 3.27. The van der Waals surface area contributed by atoms with Gasteiger partial charge in [0.1, 0.15) is 23.1 Å². The zero-order valence-electron chi connectivity index (χ0n) is 25.6. The first-order valence-electron chi connectivity index (χ1n) is 16.2. The number of likely N-dealkylation sites (tertiary alicyclic amines) is 1. The summed E-state index contributed by atoms with van der Waals surface area (Å²) in [5, 5.41) is 6.98. The van der Waals surface area contributed by atoms with Gasteiger partial charge in [0.2, 0.25) is 5.95 Å². The van der Waals surface area contributed by atoms with Gasteiger partial charge in [-0.05, 0) is 106 Å². The van der Waals surface area contributed by atoms with Crippen molar-refractivity contribution in [2.75, 3.05) is 23.7 Å². The van der Waals surface area contributed by atoms with E-state index in [2.05, 4.69) is 70.3 Å². The predicted octanol–water partition coefficient (Wildman–Crippen LogP) is 6.55. The Kier molecular flexibility index (Phi) is 6.95. The van der Waals surface area contributed by atoms with Crippen molar-refractivity contribution in [2.45, 2.75) is 91.1 Å². The zero-order valence-corrected chi connectivity index (χ0v) is 25.6. The highest BCUT2D eigenvalue weighted by atomic mass is 16.1. The predicted molar refractivity (Wildman–Crippen MR) is 167 cm³/mol. The Morgan fingerprint density at radius 1 is 1.00 bits per heavy atom. The van der Waals surface area contributed by atoms with Crippen LogP contribution in [0.15, 0.2) is 36.8 Å². The number of hydrogen-bond acceptors (Lipinski definition) is 8. The van der Waals surface area contributed by atoms with Crippen LogP contribution in [0.4, 0.5) is 17.5 Å². The molecule has 2 N–H and O–H groups in total. The van der Waals surface area contributed by atoms with Gasteiger partial charge in [0, 0.05) is 23.7 Å². The number of benzene rings is 1. The highest BCUT2D eigenvalue weighted by molar-refractivity contribution is 5.93. The number of nitrogens with one attached hydrogen (secondary N) is 2. The van der Waals surface area contributed by atoms with Gasteiger partial charge < -0.3 is 10.6 Å². The SMILES string of the molecule is Cc1cccc(Nc2ncnc3cnc(NC4CCC(C(=O)C56C(N7CCCC7)C(C)CCC5C6(C)C)CC4)nc23)c1. The van der Waals surface area contributed by atoms with Gasteiger partial charge in [-0.25, -0.2) is 19.9 Å². The van der Waals surface area contributed by atoms with Crippen molar-refractivity contribution in [1.29, 1.82) is 0 Å². The fraction of sp³-hybridized carbons (Fsp3) is 0.618. The first-order chi connectivity index (χ1) is 20.3. The summed E-state index contributed by atoms with van der Waals surface area (Å²) in [6.07, 6.45) is 12.2. The molecule has 0 bridgehead atoms. The molecule has 1 aliphatic heterocycles. The molecule has 0 radical (unpaired) electrons. The van der Waals surface area contributed by atoms with Crippen LogP contribution in [0.1, 0.15) is 77.7 Å². The van der Waals surface area contributed by atoms with Crippen molar-refractivity contribution in [2.24, 2.45) is 28.6 Å². The van der Waals surface area contributed by atoms with Crippen LogP contribution in [0.5, 0.6) is 0 Å². The summed E-state index contributed by atoms with van der Waals surface area (Å²) in [5.41, 5.74) is 3.50. The van der Waals surface area contributed by atoms with Crippen molar-refractivity contribution in [3.8, 4) is 0 Å². The number of rotatable bonds is 7. The summed E-state index contributed by atoms with van der Waals surface area (Å²) >= 11 is 0. The van der Waals surface area contributed by atoms with Crippen LogP contribution >= 0.6 is 0 Å². The van der Waals surface area contributed by atoms with Crippen LogP contribution in [0.2, 0.25) is 0 Å². The number of fused-ring (bicyclic) bond motifs is 2. The Hall–Kier alpha value is -3.13. The van der Waals surface area contributed by atoms with Gasteiger partial charge in [-0.1, -0.05) is 32.9 Å². The number of hydrogen-bond donors (Lipinski definition) is 2. The van der Waals surface area contributed by atoms with Crippen LogP contribution in [0.3, 0.4) is 0 Å². The third kappa shape index (κ3) is 4.48. The molecule has 222 valence electrons. The number of nitrogens with zero attached hydrogens (tertiary/aromatic N) is 5. The van der Waals surface area contributed by atoms with E-state index >= 15 is 0 Å². The second kappa shape index (κ2) is 10.5. The van der Waals surface area contributed by atoms with E-state index in [0.717, 1.165) is 31.4 Å². The molecule has 4 aliphatic rings. The molecule has 1 saturated heterocycles. The Bertz CT molecular complexity index is 1480. The molecule has 0 spiro atoms. The molecule has 7 rings (SSSR count). The third-order valence-corrected chi connectivity index (χ3v) is 11.4. The van der Waals surface area contributed by atoms with Crippen LogP contribution in [0.25, 0.3) is 11.0 Å². The summed E-state index contributed by atoms with van der Waals surface area (Å²) in [6.45, 7) is 11.6. The fourth-order valence-electron chi connectivity index (χ4n) is 9.32. The van der Waals surface area contributed by atoms with E-state index in [1.165, 1.54) is 44.3 Å². The smallest absolute Gasteiger partial charge is 0.223 e. The van der Waals surface area contributed by atoms with E-state index in [4.69, 9.17) is 4.98 Å². The van der Waals surface area contributed by atoms with Gasteiger partial charge in [0.05, 0.1) is 11.6 Å². The topological polar surface area (TPSA) is 95.9 Å². The van der Waals surface area contributed by atoms with Crippen molar-refractivity contribution < 1.29 is 4.79 Å². The third-order valence-electron chi connectivity index (χ3n) is 11.4. The van der Waals surface area contributed by atoms with Crippen LogP contribution in [0, 0.1) is 35.5 Å². The highest BCUT2D eigenvalue weighted by Crippen LogP contribution is 2.77.